The van der Waals surface area contributed by atoms with E-state index in [1.54, 1.807) is 42.5 Å². The number of hydrogen-bond acceptors (Lipinski definition) is 4. The molecule has 0 spiro atoms. The molecule has 0 bridgehead atoms. The Kier molecular flexibility index (Phi) is 5.23. The lowest BCUT2D eigenvalue weighted by atomic mass is 10.2. The van der Waals surface area contributed by atoms with Crippen LogP contribution in [0.1, 0.15) is 36.0 Å². The normalized spacial score (nSPS) is 10.9. The first-order valence-corrected chi connectivity index (χ1v) is 8.55. The second kappa shape index (κ2) is 7.58. The highest BCUT2D eigenvalue weighted by molar-refractivity contribution is 6.33. The first kappa shape index (κ1) is 17.9. The maximum absolute atomic E-state index is 12.1. The van der Waals surface area contributed by atoms with E-state index in [1.807, 2.05) is 13.8 Å². The molecular weight excluding hydrogens is 354 g/mol. The average Bonchev–Trinajstić information content (AvgIpc) is 3.04. The van der Waals surface area contributed by atoms with Gasteiger partial charge in [0.25, 0.3) is 5.91 Å². The van der Waals surface area contributed by atoms with Gasteiger partial charge in [0.05, 0.1) is 17.1 Å². The number of halogens is 1. The molecule has 0 radical (unpaired) electrons. The second-order valence-corrected chi connectivity index (χ2v) is 6.51. The Morgan fingerprint density at radius 3 is 2.69 bits per heavy atom. The van der Waals surface area contributed by atoms with Crippen LogP contribution in [0.5, 0.6) is 0 Å². The van der Waals surface area contributed by atoms with Gasteiger partial charge < -0.3 is 15.1 Å². The van der Waals surface area contributed by atoms with Gasteiger partial charge in [-0.3, -0.25) is 9.59 Å². The predicted molar refractivity (Wildman–Crippen MR) is 101 cm³/mol. The van der Waals surface area contributed by atoms with Crippen LogP contribution in [-0.4, -0.2) is 23.3 Å². The number of benzene rings is 2. The van der Waals surface area contributed by atoms with E-state index in [9.17, 15) is 9.59 Å². The Labute approximate surface area is 155 Å². The summed E-state index contributed by atoms with van der Waals surface area (Å²) in [6.45, 7) is 3.82. The van der Waals surface area contributed by atoms with Crippen LogP contribution < -0.4 is 10.6 Å². The van der Waals surface area contributed by atoms with E-state index in [0.29, 0.717) is 33.3 Å². The molecule has 2 N–H and O–H groups in total. The molecule has 0 aliphatic heterocycles. The molecule has 3 rings (SSSR count). The Hall–Kier alpha value is -2.86. The van der Waals surface area contributed by atoms with Gasteiger partial charge >= 0.3 is 0 Å². The number of oxazole rings is 1. The van der Waals surface area contributed by atoms with Crippen molar-refractivity contribution in [3.8, 4) is 0 Å². The molecule has 1 heterocycles. The van der Waals surface area contributed by atoms with Crippen molar-refractivity contribution in [1.82, 2.24) is 10.3 Å². The molecule has 0 fully saturated rings. The molecule has 0 atom stereocenters. The first-order valence-electron chi connectivity index (χ1n) is 8.17. The van der Waals surface area contributed by atoms with E-state index < -0.39 is 5.91 Å². The number of rotatable bonds is 5. The summed E-state index contributed by atoms with van der Waals surface area (Å²) in [6, 6.07) is 11.9. The zero-order valence-corrected chi connectivity index (χ0v) is 15.1. The summed E-state index contributed by atoms with van der Waals surface area (Å²) >= 11 is 5.97. The molecule has 1 aromatic heterocycles. The van der Waals surface area contributed by atoms with Crippen molar-refractivity contribution < 1.29 is 14.0 Å². The predicted octanol–water partition coefficient (Wildman–Crippen LogP) is 3.97. The van der Waals surface area contributed by atoms with Crippen LogP contribution in [0.15, 0.2) is 46.9 Å². The van der Waals surface area contributed by atoms with E-state index >= 15 is 0 Å². The number of carbonyl (C=O) groups is 2. The number of nitrogens with zero attached hydrogens (tertiary/aromatic N) is 1. The Morgan fingerprint density at radius 1 is 1.19 bits per heavy atom. The first-order chi connectivity index (χ1) is 12.4. The zero-order chi connectivity index (χ0) is 18.7. The standard InChI is InChI=1S/C19H18ClN3O3/c1-11(2)19-23-15-9-12(7-8-16(15)26-19)22-17(24)10-21-18(25)13-5-3-4-6-14(13)20/h3-9,11H,10H2,1-2H3,(H,21,25)(H,22,24). The minimum atomic E-state index is -0.403. The van der Waals surface area contributed by atoms with E-state index in [4.69, 9.17) is 16.0 Å². The fourth-order valence-corrected chi connectivity index (χ4v) is 2.60. The Balaban J connectivity index is 1.62. The van der Waals surface area contributed by atoms with Crippen LogP contribution in [0.4, 0.5) is 5.69 Å². The summed E-state index contributed by atoms with van der Waals surface area (Å²) in [6.07, 6.45) is 0. The second-order valence-electron chi connectivity index (χ2n) is 6.10. The molecule has 26 heavy (non-hydrogen) atoms. The summed E-state index contributed by atoms with van der Waals surface area (Å²) < 4.78 is 5.64. The summed E-state index contributed by atoms with van der Waals surface area (Å²) in [4.78, 5) is 28.5. The molecule has 3 aromatic rings. The van der Waals surface area contributed by atoms with Crippen LogP contribution in [0.25, 0.3) is 11.1 Å². The minimum absolute atomic E-state index is 0.168. The van der Waals surface area contributed by atoms with Crippen LogP contribution in [0.2, 0.25) is 5.02 Å². The Morgan fingerprint density at radius 2 is 1.96 bits per heavy atom. The lowest BCUT2D eigenvalue weighted by Crippen LogP contribution is -2.33. The van der Waals surface area contributed by atoms with Crippen molar-refractivity contribution in [1.29, 1.82) is 0 Å². The number of carbonyl (C=O) groups excluding carboxylic acids is 2. The third kappa shape index (κ3) is 4.03. The fraction of sp³-hybridized carbons (Fsp3) is 0.211. The average molecular weight is 372 g/mol. The number of anilines is 1. The molecule has 0 aliphatic carbocycles. The molecule has 2 aromatic carbocycles. The highest BCUT2D eigenvalue weighted by Crippen LogP contribution is 2.23. The van der Waals surface area contributed by atoms with Gasteiger partial charge in [-0.15, -0.1) is 0 Å². The Bertz CT molecular complexity index is 966. The van der Waals surface area contributed by atoms with Gasteiger partial charge in [-0.1, -0.05) is 37.6 Å². The van der Waals surface area contributed by atoms with Crippen molar-refractivity contribution in [3.63, 3.8) is 0 Å². The van der Waals surface area contributed by atoms with Crippen molar-refractivity contribution >= 4 is 40.2 Å². The van der Waals surface area contributed by atoms with Gasteiger partial charge in [0.15, 0.2) is 11.5 Å². The summed E-state index contributed by atoms with van der Waals surface area (Å²) in [7, 11) is 0. The third-order valence-electron chi connectivity index (χ3n) is 3.71. The topological polar surface area (TPSA) is 84.2 Å². The maximum atomic E-state index is 12.1. The fourth-order valence-electron chi connectivity index (χ4n) is 2.38. The van der Waals surface area contributed by atoms with Crippen molar-refractivity contribution in [2.45, 2.75) is 19.8 Å². The van der Waals surface area contributed by atoms with Crippen molar-refractivity contribution in [3.05, 3.63) is 58.9 Å². The molecular formula is C19H18ClN3O3. The van der Waals surface area contributed by atoms with Crippen LogP contribution in [0.3, 0.4) is 0 Å². The third-order valence-corrected chi connectivity index (χ3v) is 4.04. The molecule has 0 unspecified atom stereocenters. The highest BCUT2D eigenvalue weighted by atomic mass is 35.5. The van der Waals surface area contributed by atoms with Crippen LogP contribution in [0, 0.1) is 0 Å². The molecule has 0 saturated carbocycles. The number of hydrogen-bond donors (Lipinski definition) is 2. The van der Waals surface area contributed by atoms with Gasteiger partial charge in [-0.05, 0) is 30.3 Å². The molecule has 6 nitrogen and oxygen atoms in total. The smallest absolute Gasteiger partial charge is 0.253 e. The lowest BCUT2D eigenvalue weighted by molar-refractivity contribution is -0.115. The summed E-state index contributed by atoms with van der Waals surface area (Å²) in [5.41, 5.74) is 2.25. The molecule has 134 valence electrons. The van der Waals surface area contributed by atoms with Crippen molar-refractivity contribution in [2.75, 3.05) is 11.9 Å². The molecule has 2 amide bonds. The maximum Gasteiger partial charge on any atom is 0.253 e. The van der Waals surface area contributed by atoms with Crippen LogP contribution in [-0.2, 0) is 4.79 Å². The van der Waals surface area contributed by atoms with E-state index in [2.05, 4.69) is 15.6 Å². The number of aromatic nitrogens is 1. The lowest BCUT2D eigenvalue weighted by Gasteiger charge is -2.07. The molecule has 7 heteroatoms. The van der Waals surface area contributed by atoms with Gasteiger partial charge in [-0.25, -0.2) is 4.98 Å². The highest BCUT2D eigenvalue weighted by Gasteiger charge is 2.13. The summed E-state index contributed by atoms with van der Waals surface area (Å²) in [5, 5.41) is 5.61. The molecule has 0 aliphatic rings. The largest absolute Gasteiger partial charge is 0.440 e. The SMILES string of the molecule is CC(C)c1nc2cc(NC(=O)CNC(=O)c3ccccc3Cl)ccc2o1. The van der Waals surface area contributed by atoms with Crippen molar-refractivity contribution in [2.24, 2.45) is 0 Å². The minimum Gasteiger partial charge on any atom is -0.440 e. The quantitative estimate of drug-likeness (QED) is 0.710. The monoisotopic (exact) mass is 371 g/mol. The van der Waals surface area contributed by atoms with E-state index in [0.717, 1.165) is 0 Å². The summed E-state index contributed by atoms with van der Waals surface area (Å²) in [5.74, 6) is 0.0764. The van der Waals surface area contributed by atoms with Gasteiger partial charge in [0.1, 0.15) is 5.52 Å². The number of fused-ring (bicyclic) bond motifs is 1. The number of amides is 2. The molecule has 0 saturated heterocycles. The van der Waals surface area contributed by atoms with Gasteiger partial charge in [-0.2, -0.15) is 0 Å². The van der Waals surface area contributed by atoms with Gasteiger partial charge in [0, 0.05) is 11.6 Å². The van der Waals surface area contributed by atoms with E-state index in [1.165, 1.54) is 0 Å². The number of nitrogens with one attached hydrogen (secondary N) is 2. The van der Waals surface area contributed by atoms with Crippen LogP contribution >= 0.6 is 11.6 Å². The van der Waals surface area contributed by atoms with E-state index in [-0.39, 0.29) is 18.4 Å². The van der Waals surface area contributed by atoms with Gasteiger partial charge in [0.2, 0.25) is 5.91 Å². The zero-order valence-electron chi connectivity index (χ0n) is 14.4.